The van der Waals surface area contributed by atoms with E-state index in [1.54, 1.807) is 14.2 Å². The maximum absolute atomic E-state index is 11.6. The van der Waals surface area contributed by atoms with E-state index in [9.17, 15) is 4.79 Å². The lowest BCUT2D eigenvalue weighted by molar-refractivity contribution is -0.121. The molecule has 1 aliphatic rings. The van der Waals surface area contributed by atoms with Gasteiger partial charge in [-0.1, -0.05) is 12.1 Å². The molecule has 5 nitrogen and oxygen atoms in total. The van der Waals surface area contributed by atoms with Crippen LogP contribution in [0.1, 0.15) is 12.8 Å². The molecule has 1 aliphatic heterocycles. The van der Waals surface area contributed by atoms with Gasteiger partial charge in [-0.05, 0) is 32.0 Å². The van der Waals surface area contributed by atoms with Gasteiger partial charge in [0.15, 0.2) is 0 Å². The second-order valence-corrected chi connectivity index (χ2v) is 5.03. The average molecular weight is 277 g/mol. The highest BCUT2D eigenvalue weighted by Gasteiger charge is 2.22. The Morgan fingerprint density at radius 2 is 2.05 bits per heavy atom. The molecule has 0 radical (unpaired) electrons. The van der Waals surface area contributed by atoms with E-state index >= 15 is 0 Å². The predicted molar refractivity (Wildman–Crippen MR) is 80.3 cm³/mol. The number of para-hydroxylation sites is 2. The number of carbonyl (C=O) groups is 1. The third-order valence-corrected chi connectivity index (χ3v) is 3.62. The molecule has 1 aromatic rings. The molecule has 0 unspecified atom stereocenters. The number of methoxy groups -OCH3 is 1. The summed E-state index contributed by atoms with van der Waals surface area (Å²) in [4.78, 5) is 13.9. The van der Waals surface area contributed by atoms with E-state index in [0.29, 0.717) is 6.54 Å². The minimum Gasteiger partial charge on any atom is -0.495 e. The van der Waals surface area contributed by atoms with Gasteiger partial charge in [0.2, 0.25) is 5.91 Å². The van der Waals surface area contributed by atoms with Crippen molar-refractivity contribution >= 4 is 11.6 Å². The second-order valence-electron chi connectivity index (χ2n) is 5.03. The quantitative estimate of drug-likeness (QED) is 0.843. The van der Waals surface area contributed by atoms with Crippen molar-refractivity contribution in [1.29, 1.82) is 0 Å². The molecule has 5 heteroatoms. The fourth-order valence-electron chi connectivity index (χ4n) is 2.60. The van der Waals surface area contributed by atoms with Crippen LogP contribution in [-0.2, 0) is 4.79 Å². The number of amides is 1. The van der Waals surface area contributed by atoms with Crippen molar-refractivity contribution in [1.82, 2.24) is 10.6 Å². The number of likely N-dealkylation sites (N-methyl/N-ethyl adjacent to an activating group) is 1. The lowest BCUT2D eigenvalue weighted by Crippen LogP contribution is -2.46. The van der Waals surface area contributed by atoms with Gasteiger partial charge in [-0.15, -0.1) is 0 Å². The summed E-state index contributed by atoms with van der Waals surface area (Å²) in [7, 11) is 3.48. The van der Waals surface area contributed by atoms with Crippen LogP contribution in [0.25, 0.3) is 0 Å². The van der Waals surface area contributed by atoms with Crippen LogP contribution in [0.15, 0.2) is 24.3 Å². The molecule has 0 aromatic heterocycles. The lowest BCUT2D eigenvalue weighted by atomic mass is 10.0. The van der Waals surface area contributed by atoms with Crippen molar-refractivity contribution in [3.05, 3.63) is 24.3 Å². The number of nitrogens with one attached hydrogen (secondary N) is 2. The summed E-state index contributed by atoms with van der Waals surface area (Å²) >= 11 is 0. The van der Waals surface area contributed by atoms with Crippen LogP contribution in [0.3, 0.4) is 0 Å². The van der Waals surface area contributed by atoms with Crippen molar-refractivity contribution in [3.8, 4) is 5.75 Å². The molecule has 0 spiro atoms. The van der Waals surface area contributed by atoms with Crippen LogP contribution in [0.4, 0.5) is 5.69 Å². The third-order valence-electron chi connectivity index (χ3n) is 3.62. The standard InChI is InChI=1S/C15H23N3O2/c1-16-11-15(19)17-12-7-9-18(10-8-12)13-5-3-4-6-14(13)20-2/h3-6,12,16H,7-11H2,1-2H3,(H,17,19). The van der Waals surface area contributed by atoms with Gasteiger partial charge in [0, 0.05) is 19.1 Å². The maximum Gasteiger partial charge on any atom is 0.234 e. The number of anilines is 1. The number of hydrogen-bond donors (Lipinski definition) is 2. The third kappa shape index (κ3) is 3.63. The zero-order valence-electron chi connectivity index (χ0n) is 12.2. The minimum absolute atomic E-state index is 0.0724. The van der Waals surface area contributed by atoms with Crippen molar-refractivity contribution < 1.29 is 9.53 Å². The Morgan fingerprint density at radius 3 is 2.70 bits per heavy atom. The van der Waals surface area contributed by atoms with Crippen LogP contribution in [0, 0.1) is 0 Å². The Morgan fingerprint density at radius 1 is 1.35 bits per heavy atom. The van der Waals surface area contributed by atoms with E-state index in [-0.39, 0.29) is 11.9 Å². The Bertz CT molecular complexity index is 442. The zero-order chi connectivity index (χ0) is 14.4. The molecule has 1 heterocycles. The highest BCUT2D eigenvalue weighted by Crippen LogP contribution is 2.29. The van der Waals surface area contributed by atoms with Crippen LogP contribution in [0.2, 0.25) is 0 Å². The van der Waals surface area contributed by atoms with Crippen molar-refractivity contribution in [2.24, 2.45) is 0 Å². The molecular formula is C15H23N3O2. The first-order chi connectivity index (χ1) is 9.74. The second kappa shape index (κ2) is 7.14. The molecule has 1 fully saturated rings. The number of benzene rings is 1. The minimum atomic E-state index is 0.0724. The molecule has 2 N–H and O–H groups in total. The summed E-state index contributed by atoms with van der Waals surface area (Å²) in [5, 5.41) is 5.93. The number of ether oxygens (including phenoxy) is 1. The lowest BCUT2D eigenvalue weighted by Gasteiger charge is -2.34. The molecule has 0 atom stereocenters. The van der Waals surface area contributed by atoms with Crippen LogP contribution < -0.4 is 20.3 Å². The normalized spacial score (nSPS) is 16.0. The van der Waals surface area contributed by atoms with Crippen LogP contribution >= 0.6 is 0 Å². The maximum atomic E-state index is 11.6. The molecule has 20 heavy (non-hydrogen) atoms. The van der Waals surface area contributed by atoms with Gasteiger partial charge >= 0.3 is 0 Å². The number of piperidine rings is 1. The number of carbonyl (C=O) groups excluding carboxylic acids is 1. The molecule has 0 saturated carbocycles. The number of hydrogen-bond acceptors (Lipinski definition) is 4. The van der Waals surface area contributed by atoms with Gasteiger partial charge < -0.3 is 20.3 Å². The zero-order valence-corrected chi connectivity index (χ0v) is 12.2. The van der Waals surface area contributed by atoms with E-state index in [1.807, 2.05) is 18.2 Å². The Balaban J connectivity index is 1.89. The monoisotopic (exact) mass is 277 g/mol. The van der Waals surface area contributed by atoms with Crippen molar-refractivity contribution in [2.75, 3.05) is 38.7 Å². The first-order valence-corrected chi connectivity index (χ1v) is 7.06. The van der Waals surface area contributed by atoms with E-state index in [1.165, 1.54) is 0 Å². The van der Waals surface area contributed by atoms with Crippen LogP contribution in [-0.4, -0.2) is 45.7 Å². The molecule has 1 aromatic carbocycles. The smallest absolute Gasteiger partial charge is 0.234 e. The predicted octanol–water partition coefficient (Wildman–Crippen LogP) is 1.000. The summed E-state index contributed by atoms with van der Waals surface area (Å²) < 4.78 is 5.40. The number of nitrogens with zero attached hydrogens (tertiary/aromatic N) is 1. The largest absolute Gasteiger partial charge is 0.495 e. The molecule has 0 bridgehead atoms. The highest BCUT2D eigenvalue weighted by molar-refractivity contribution is 5.78. The van der Waals surface area contributed by atoms with Gasteiger partial charge in [0.05, 0.1) is 19.3 Å². The summed E-state index contributed by atoms with van der Waals surface area (Å²) in [6, 6.07) is 8.35. The Hall–Kier alpha value is -1.75. The fraction of sp³-hybridized carbons (Fsp3) is 0.533. The highest BCUT2D eigenvalue weighted by atomic mass is 16.5. The van der Waals surface area contributed by atoms with E-state index in [0.717, 1.165) is 37.4 Å². The molecule has 1 saturated heterocycles. The van der Waals surface area contributed by atoms with E-state index in [4.69, 9.17) is 4.74 Å². The van der Waals surface area contributed by atoms with Crippen LogP contribution in [0.5, 0.6) is 5.75 Å². The fourth-order valence-corrected chi connectivity index (χ4v) is 2.60. The van der Waals surface area contributed by atoms with E-state index < -0.39 is 0 Å². The topological polar surface area (TPSA) is 53.6 Å². The summed E-state index contributed by atoms with van der Waals surface area (Å²) in [6.07, 6.45) is 1.93. The summed E-state index contributed by atoms with van der Waals surface area (Å²) in [5.41, 5.74) is 1.13. The molecule has 2 rings (SSSR count). The molecule has 1 amide bonds. The molecule has 0 aliphatic carbocycles. The number of rotatable bonds is 5. The Kier molecular flexibility index (Phi) is 5.24. The molecular weight excluding hydrogens is 254 g/mol. The van der Waals surface area contributed by atoms with Gasteiger partial charge in [-0.2, -0.15) is 0 Å². The average Bonchev–Trinajstić information content (AvgIpc) is 2.48. The van der Waals surface area contributed by atoms with Gasteiger partial charge in [-0.3, -0.25) is 4.79 Å². The first kappa shape index (κ1) is 14.7. The van der Waals surface area contributed by atoms with Gasteiger partial charge in [0.1, 0.15) is 5.75 Å². The SMILES string of the molecule is CNCC(=O)NC1CCN(c2ccccc2OC)CC1. The summed E-state index contributed by atoms with van der Waals surface area (Å²) in [5.74, 6) is 0.980. The van der Waals surface area contributed by atoms with Gasteiger partial charge in [0.25, 0.3) is 0 Å². The Labute approximate surface area is 120 Å². The summed E-state index contributed by atoms with van der Waals surface area (Å²) in [6.45, 7) is 2.25. The van der Waals surface area contributed by atoms with Gasteiger partial charge in [-0.25, -0.2) is 0 Å². The van der Waals surface area contributed by atoms with Crippen molar-refractivity contribution in [2.45, 2.75) is 18.9 Å². The first-order valence-electron chi connectivity index (χ1n) is 7.06. The van der Waals surface area contributed by atoms with Crippen molar-refractivity contribution in [3.63, 3.8) is 0 Å². The molecule has 110 valence electrons. The van der Waals surface area contributed by atoms with E-state index in [2.05, 4.69) is 21.6 Å².